The molecule has 0 atom stereocenters. The van der Waals surface area contributed by atoms with Gasteiger partial charge in [-0.1, -0.05) is 41.5 Å². The third-order valence-electron chi connectivity index (χ3n) is 6.36. The predicted molar refractivity (Wildman–Crippen MR) is 165 cm³/mol. The van der Waals surface area contributed by atoms with Crippen molar-refractivity contribution in [3.63, 3.8) is 0 Å². The molecule has 0 unspecified atom stereocenters. The first-order valence-corrected chi connectivity index (χ1v) is 14.7. The zero-order chi connectivity index (χ0) is 29.5. The minimum Gasteiger partial charge on any atom is -0.497 e. The average molecular weight is 563 g/mol. The minimum atomic E-state index is -1.36. The van der Waals surface area contributed by atoms with Crippen LogP contribution in [0.3, 0.4) is 0 Å². The summed E-state index contributed by atoms with van der Waals surface area (Å²) in [6, 6.07) is 8.27. The second-order valence-electron chi connectivity index (χ2n) is 12.3. The van der Waals surface area contributed by atoms with Gasteiger partial charge in [0.15, 0.2) is 0 Å². The summed E-state index contributed by atoms with van der Waals surface area (Å²) < 4.78 is 31.1. The molecule has 0 aliphatic rings. The molecule has 220 valence electrons. The van der Waals surface area contributed by atoms with Crippen LogP contribution in [0.2, 0.25) is 0 Å². The van der Waals surface area contributed by atoms with Crippen molar-refractivity contribution in [3.05, 3.63) is 35.4 Å². The minimum absolute atomic E-state index is 0.179. The van der Waals surface area contributed by atoms with Crippen LogP contribution in [-0.2, 0) is 15.4 Å². The SMILES string of the molecule is COc1cc(P(OC)c2cc(OC)cc(C(C)(C)C)c2OCCN(C)C)c(OCCN(C)C)c(C(C)(C)C)c1. The van der Waals surface area contributed by atoms with Crippen LogP contribution in [-0.4, -0.2) is 85.6 Å². The van der Waals surface area contributed by atoms with Gasteiger partial charge in [0.1, 0.15) is 36.2 Å². The lowest BCUT2D eigenvalue weighted by Gasteiger charge is -2.31. The molecule has 7 nitrogen and oxygen atoms in total. The molecule has 0 bridgehead atoms. The fourth-order valence-corrected chi connectivity index (χ4v) is 6.00. The molecule has 0 saturated heterocycles. The van der Waals surface area contributed by atoms with E-state index in [0.29, 0.717) is 13.2 Å². The molecule has 2 aromatic rings. The average Bonchev–Trinajstić information content (AvgIpc) is 2.83. The summed E-state index contributed by atoms with van der Waals surface area (Å²) in [4.78, 5) is 4.24. The number of hydrogen-bond acceptors (Lipinski definition) is 7. The molecule has 0 heterocycles. The topological polar surface area (TPSA) is 52.6 Å². The summed E-state index contributed by atoms with van der Waals surface area (Å²) in [5.41, 5.74) is 1.80. The van der Waals surface area contributed by atoms with Gasteiger partial charge in [0.05, 0.1) is 33.0 Å². The van der Waals surface area contributed by atoms with Crippen LogP contribution in [0, 0.1) is 0 Å². The van der Waals surface area contributed by atoms with E-state index in [-0.39, 0.29) is 10.8 Å². The molecule has 0 aromatic heterocycles. The van der Waals surface area contributed by atoms with E-state index in [9.17, 15) is 0 Å². The van der Waals surface area contributed by atoms with Gasteiger partial charge in [-0.15, -0.1) is 0 Å². The van der Waals surface area contributed by atoms with Gasteiger partial charge in [-0.3, -0.25) is 0 Å². The summed E-state index contributed by atoms with van der Waals surface area (Å²) in [5, 5.41) is 1.92. The van der Waals surface area contributed by atoms with Gasteiger partial charge < -0.3 is 33.3 Å². The largest absolute Gasteiger partial charge is 0.497 e. The van der Waals surface area contributed by atoms with Crippen molar-refractivity contribution >= 4 is 18.8 Å². The molecule has 0 aliphatic heterocycles. The van der Waals surface area contributed by atoms with Crippen molar-refractivity contribution in [1.82, 2.24) is 9.80 Å². The standard InChI is InChI=1S/C31H51N2O5P/c1-30(2,3)24-18-22(34-11)20-26(28(24)37-16-14-32(7)8)39(36-13)27-21-23(35-12)19-25(31(4,5)6)29(27)38-17-15-33(9)10/h18-21H,14-17H2,1-13H3. The van der Waals surface area contributed by atoms with Crippen LogP contribution in [0.15, 0.2) is 24.3 Å². The van der Waals surface area contributed by atoms with Crippen molar-refractivity contribution in [2.45, 2.75) is 52.4 Å². The second-order valence-corrected chi connectivity index (χ2v) is 14.2. The summed E-state index contributed by atoms with van der Waals surface area (Å²) in [5.74, 6) is 3.23. The highest BCUT2D eigenvalue weighted by Crippen LogP contribution is 2.48. The van der Waals surface area contributed by atoms with E-state index in [0.717, 1.165) is 57.8 Å². The van der Waals surface area contributed by atoms with E-state index >= 15 is 0 Å². The van der Waals surface area contributed by atoms with Crippen LogP contribution in [0.4, 0.5) is 0 Å². The predicted octanol–water partition coefficient (Wildman–Crippen LogP) is 5.17. The van der Waals surface area contributed by atoms with E-state index in [4.69, 9.17) is 23.5 Å². The Labute approximate surface area is 238 Å². The molecule has 0 fully saturated rings. The summed E-state index contributed by atoms with van der Waals surface area (Å²) in [6.45, 7) is 15.9. The number of rotatable bonds is 13. The highest BCUT2D eigenvalue weighted by atomic mass is 31.1. The maximum atomic E-state index is 6.58. The van der Waals surface area contributed by atoms with Crippen molar-refractivity contribution in [2.75, 3.05) is 75.8 Å². The van der Waals surface area contributed by atoms with Gasteiger partial charge in [-0.25, -0.2) is 0 Å². The molecule has 0 amide bonds. The van der Waals surface area contributed by atoms with Gasteiger partial charge in [-0.05, 0) is 63.3 Å². The van der Waals surface area contributed by atoms with Gasteiger partial charge >= 0.3 is 0 Å². The third kappa shape index (κ3) is 8.97. The van der Waals surface area contributed by atoms with Gasteiger partial charge in [-0.2, -0.15) is 0 Å². The van der Waals surface area contributed by atoms with Crippen LogP contribution >= 0.6 is 8.15 Å². The maximum Gasteiger partial charge on any atom is 0.133 e. The summed E-state index contributed by atoms with van der Waals surface area (Å²) in [6.07, 6.45) is 0. The van der Waals surface area contributed by atoms with Gasteiger partial charge in [0, 0.05) is 31.3 Å². The highest BCUT2D eigenvalue weighted by Gasteiger charge is 2.32. The van der Waals surface area contributed by atoms with Crippen LogP contribution in [0.1, 0.15) is 52.7 Å². The smallest absolute Gasteiger partial charge is 0.133 e. The number of methoxy groups -OCH3 is 2. The number of nitrogens with zero attached hydrogens (tertiary/aromatic N) is 2. The normalized spacial score (nSPS) is 12.4. The zero-order valence-electron chi connectivity index (χ0n) is 26.5. The molecule has 0 spiro atoms. The zero-order valence-corrected chi connectivity index (χ0v) is 27.4. The first-order valence-electron chi connectivity index (χ1n) is 13.5. The lowest BCUT2D eigenvalue weighted by Crippen LogP contribution is -2.28. The van der Waals surface area contributed by atoms with Gasteiger partial charge in [0.2, 0.25) is 0 Å². The van der Waals surface area contributed by atoms with Crippen molar-refractivity contribution < 1.29 is 23.5 Å². The lowest BCUT2D eigenvalue weighted by atomic mass is 9.86. The molecule has 0 radical (unpaired) electrons. The van der Waals surface area contributed by atoms with Crippen LogP contribution in [0.25, 0.3) is 0 Å². The van der Waals surface area contributed by atoms with Crippen LogP contribution in [0.5, 0.6) is 23.0 Å². The van der Waals surface area contributed by atoms with Gasteiger partial charge in [0.25, 0.3) is 0 Å². The molecule has 0 aliphatic carbocycles. The third-order valence-corrected chi connectivity index (χ3v) is 8.27. The van der Waals surface area contributed by atoms with E-state index in [1.807, 2.05) is 28.2 Å². The van der Waals surface area contributed by atoms with Crippen molar-refractivity contribution in [3.8, 4) is 23.0 Å². The Kier molecular flexibility index (Phi) is 11.9. The Hall–Kier alpha value is -2.05. The van der Waals surface area contributed by atoms with E-state index in [1.165, 1.54) is 0 Å². The number of likely N-dealkylation sites (N-methyl/N-ethyl adjacent to an activating group) is 2. The van der Waals surface area contributed by atoms with Crippen LogP contribution < -0.4 is 29.6 Å². The summed E-state index contributed by atoms with van der Waals surface area (Å²) >= 11 is 0. The Morgan fingerprint density at radius 1 is 0.615 bits per heavy atom. The first kappa shape index (κ1) is 33.2. The maximum absolute atomic E-state index is 6.58. The Bertz CT molecular complexity index is 991. The van der Waals surface area contributed by atoms with E-state index in [2.05, 4.69) is 75.6 Å². The first-order chi connectivity index (χ1) is 18.1. The molecule has 8 heteroatoms. The molecule has 2 rings (SSSR count). The number of ether oxygens (including phenoxy) is 4. The van der Waals surface area contributed by atoms with E-state index < -0.39 is 8.15 Å². The quantitative estimate of drug-likeness (QED) is 0.312. The second kappa shape index (κ2) is 14.0. The van der Waals surface area contributed by atoms with Crippen molar-refractivity contribution in [1.29, 1.82) is 0 Å². The monoisotopic (exact) mass is 562 g/mol. The number of hydrogen-bond donors (Lipinski definition) is 0. The van der Waals surface area contributed by atoms with Crippen molar-refractivity contribution in [2.24, 2.45) is 0 Å². The lowest BCUT2D eigenvalue weighted by molar-refractivity contribution is 0.257. The fourth-order valence-electron chi connectivity index (χ4n) is 4.12. The molecule has 0 saturated carbocycles. The Morgan fingerprint density at radius 3 is 1.23 bits per heavy atom. The fraction of sp³-hybridized carbons (Fsp3) is 0.613. The molecular weight excluding hydrogens is 511 g/mol. The Morgan fingerprint density at radius 2 is 0.974 bits per heavy atom. The summed E-state index contributed by atoms with van der Waals surface area (Å²) in [7, 11) is 12.0. The highest BCUT2D eigenvalue weighted by molar-refractivity contribution is 7.69. The number of benzene rings is 2. The Balaban J connectivity index is 2.89. The molecule has 39 heavy (non-hydrogen) atoms. The molecule has 2 aromatic carbocycles. The molecule has 0 N–H and O–H groups in total. The van der Waals surface area contributed by atoms with E-state index in [1.54, 1.807) is 21.3 Å². The molecular formula is C31H51N2O5P.